The smallest absolute Gasteiger partial charge is 0.0665 e. The average molecular weight is 307 g/mol. The van der Waals surface area contributed by atoms with Crippen LogP contribution < -0.4 is 10.6 Å². The summed E-state index contributed by atoms with van der Waals surface area (Å²) < 4.78 is 0. The van der Waals surface area contributed by atoms with Crippen molar-refractivity contribution in [2.45, 2.75) is 13.8 Å². The molecule has 0 aliphatic rings. The first-order valence-corrected chi connectivity index (χ1v) is 8.78. The van der Waals surface area contributed by atoms with Gasteiger partial charge in [-0.05, 0) is 36.1 Å². The zero-order valence-electron chi connectivity index (χ0n) is 13.4. The van der Waals surface area contributed by atoms with Crippen molar-refractivity contribution in [2.75, 3.05) is 7.05 Å². The van der Waals surface area contributed by atoms with Gasteiger partial charge in [-0.1, -0.05) is 72.8 Å². The highest BCUT2D eigenvalue weighted by Crippen LogP contribution is 2.36. The van der Waals surface area contributed by atoms with Crippen molar-refractivity contribution in [1.82, 2.24) is 0 Å². The van der Waals surface area contributed by atoms with Gasteiger partial charge in [0.15, 0.2) is 0 Å². The molecule has 0 amide bonds. The molecule has 0 heterocycles. The van der Waals surface area contributed by atoms with E-state index in [1.807, 2.05) is 14.0 Å². The van der Waals surface area contributed by atoms with E-state index >= 15 is 0 Å². The number of benzene rings is 2. The zero-order chi connectivity index (χ0) is 15.8. The summed E-state index contributed by atoms with van der Waals surface area (Å²) in [6, 6.07) is 21.3. The van der Waals surface area contributed by atoms with Gasteiger partial charge in [-0.2, -0.15) is 0 Å². The van der Waals surface area contributed by atoms with Crippen LogP contribution in [0.4, 0.5) is 0 Å². The van der Waals surface area contributed by atoms with E-state index in [0.29, 0.717) is 0 Å². The third-order valence-electron chi connectivity index (χ3n) is 3.27. The Morgan fingerprint density at radius 1 is 0.909 bits per heavy atom. The molecule has 0 radical (unpaired) electrons. The predicted octanol–water partition coefficient (Wildman–Crippen LogP) is 4.67. The van der Waals surface area contributed by atoms with Crippen LogP contribution in [0.5, 0.6) is 0 Å². The van der Waals surface area contributed by atoms with Gasteiger partial charge in [-0.3, -0.25) is 4.99 Å². The summed E-state index contributed by atoms with van der Waals surface area (Å²) in [5.41, 5.74) is 2.37. The summed E-state index contributed by atoms with van der Waals surface area (Å²) in [4.78, 5) is 4.60. The van der Waals surface area contributed by atoms with Crippen molar-refractivity contribution < 1.29 is 0 Å². The summed E-state index contributed by atoms with van der Waals surface area (Å²) in [6.45, 7) is 4.16. The molecule has 0 N–H and O–H groups in total. The van der Waals surface area contributed by atoms with Gasteiger partial charge < -0.3 is 0 Å². The van der Waals surface area contributed by atoms with Crippen LogP contribution >= 0.6 is 7.92 Å². The molecular formula is C20H22NP. The van der Waals surface area contributed by atoms with Crippen molar-refractivity contribution in [3.05, 3.63) is 84.5 Å². The van der Waals surface area contributed by atoms with Crippen molar-refractivity contribution in [1.29, 1.82) is 0 Å². The molecule has 0 saturated carbocycles. The number of aliphatic imine (C=N–C) groups is 1. The molecule has 2 rings (SSSR count). The Balaban J connectivity index is 2.51. The third kappa shape index (κ3) is 4.26. The normalized spacial score (nSPS) is 13.1. The quantitative estimate of drug-likeness (QED) is 0.432. The molecule has 0 saturated heterocycles. The van der Waals surface area contributed by atoms with E-state index in [0.717, 1.165) is 5.45 Å². The second-order valence-corrected chi connectivity index (χ2v) is 7.14. The molecule has 22 heavy (non-hydrogen) atoms. The second kappa shape index (κ2) is 8.46. The molecule has 0 spiro atoms. The third-order valence-corrected chi connectivity index (χ3v) is 5.69. The van der Waals surface area contributed by atoms with Gasteiger partial charge in [0.1, 0.15) is 0 Å². The lowest BCUT2D eigenvalue weighted by Gasteiger charge is -2.19. The van der Waals surface area contributed by atoms with Crippen LogP contribution in [0.1, 0.15) is 13.8 Å². The van der Waals surface area contributed by atoms with Crippen LogP contribution in [-0.4, -0.2) is 12.5 Å². The highest BCUT2D eigenvalue weighted by Gasteiger charge is 2.18. The zero-order valence-corrected chi connectivity index (χ0v) is 14.3. The standard InChI is InChI=1S/C20H22NP/c1-4-11-17(2)16-20(21-3)22(18-12-7-5-8-13-18)19-14-9-6-10-15-19/h4-16H,1-3H3/b11-4-,17-16-,21-20?. The molecule has 112 valence electrons. The van der Waals surface area contributed by atoms with Crippen molar-refractivity contribution in [3.63, 3.8) is 0 Å². The summed E-state index contributed by atoms with van der Waals surface area (Å²) in [7, 11) is 1.27. The van der Waals surface area contributed by atoms with E-state index < -0.39 is 7.92 Å². The Kier molecular flexibility index (Phi) is 6.30. The molecule has 0 aliphatic carbocycles. The Bertz CT molecular complexity index is 630. The van der Waals surface area contributed by atoms with E-state index in [4.69, 9.17) is 0 Å². The van der Waals surface area contributed by atoms with Gasteiger partial charge in [0.05, 0.1) is 5.45 Å². The van der Waals surface area contributed by atoms with Gasteiger partial charge in [0.25, 0.3) is 0 Å². The van der Waals surface area contributed by atoms with Gasteiger partial charge in [-0.15, -0.1) is 0 Å². The number of hydrogen-bond acceptors (Lipinski definition) is 1. The first kappa shape index (κ1) is 16.4. The van der Waals surface area contributed by atoms with E-state index in [9.17, 15) is 0 Å². The summed E-state index contributed by atoms with van der Waals surface area (Å²) in [6.07, 6.45) is 6.38. The molecule has 0 bridgehead atoms. The molecule has 0 unspecified atom stereocenters. The first-order chi connectivity index (χ1) is 10.8. The first-order valence-electron chi connectivity index (χ1n) is 7.44. The van der Waals surface area contributed by atoms with Gasteiger partial charge >= 0.3 is 0 Å². The fourth-order valence-corrected chi connectivity index (χ4v) is 4.61. The maximum atomic E-state index is 4.60. The van der Waals surface area contributed by atoms with Gasteiger partial charge in [-0.25, -0.2) is 0 Å². The van der Waals surface area contributed by atoms with Crippen LogP contribution in [0.15, 0.2) is 89.5 Å². The Labute approximate surface area is 134 Å². The lowest BCUT2D eigenvalue weighted by molar-refractivity contribution is 1.45. The monoisotopic (exact) mass is 307 g/mol. The van der Waals surface area contributed by atoms with Crippen LogP contribution in [0.3, 0.4) is 0 Å². The second-order valence-electron chi connectivity index (χ2n) is 4.98. The Morgan fingerprint density at radius 3 is 1.82 bits per heavy atom. The SMILES string of the molecule is C/C=C\C(C)=C/C(=NC)P(c1ccccc1)c1ccccc1. The minimum atomic E-state index is -0.618. The van der Waals surface area contributed by atoms with E-state index in [1.165, 1.54) is 16.2 Å². The van der Waals surface area contributed by atoms with E-state index in [-0.39, 0.29) is 0 Å². The predicted molar refractivity (Wildman–Crippen MR) is 101 cm³/mol. The largest absolute Gasteiger partial charge is 0.288 e. The fraction of sp³-hybridized carbons (Fsp3) is 0.150. The summed E-state index contributed by atoms with van der Waals surface area (Å²) >= 11 is 0. The maximum Gasteiger partial charge on any atom is 0.0665 e. The van der Waals surface area contributed by atoms with E-state index in [2.05, 4.69) is 90.8 Å². The Hall–Kier alpha value is -1.98. The fourth-order valence-electron chi connectivity index (χ4n) is 2.31. The number of allylic oxidation sites excluding steroid dienone is 4. The molecule has 2 heteroatoms. The number of rotatable bonds is 5. The molecule has 1 nitrogen and oxygen atoms in total. The molecule has 2 aromatic rings. The molecular weight excluding hydrogens is 285 g/mol. The maximum absolute atomic E-state index is 4.60. The minimum absolute atomic E-state index is 0.618. The minimum Gasteiger partial charge on any atom is -0.288 e. The lowest BCUT2D eigenvalue weighted by atomic mass is 10.3. The average Bonchev–Trinajstić information content (AvgIpc) is 2.56. The van der Waals surface area contributed by atoms with Crippen LogP contribution in [0.25, 0.3) is 0 Å². The summed E-state index contributed by atoms with van der Waals surface area (Å²) in [5, 5.41) is 2.66. The summed E-state index contributed by atoms with van der Waals surface area (Å²) in [5.74, 6) is 0. The van der Waals surface area contributed by atoms with E-state index in [1.54, 1.807) is 0 Å². The highest BCUT2D eigenvalue weighted by molar-refractivity contribution is 7.88. The van der Waals surface area contributed by atoms with Gasteiger partial charge in [0.2, 0.25) is 0 Å². The number of hydrogen-bond donors (Lipinski definition) is 0. The molecule has 0 aliphatic heterocycles. The lowest BCUT2D eigenvalue weighted by Crippen LogP contribution is -2.17. The van der Waals surface area contributed by atoms with Crippen LogP contribution in [0.2, 0.25) is 0 Å². The van der Waals surface area contributed by atoms with Crippen LogP contribution in [0, 0.1) is 0 Å². The van der Waals surface area contributed by atoms with Crippen molar-refractivity contribution in [2.24, 2.45) is 4.99 Å². The van der Waals surface area contributed by atoms with Crippen molar-refractivity contribution in [3.8, 4) is 0 Å². The van der Waals surface area contributed by atoms with Crippen LogP contribution in [-0.2, 0) is 0 Å². The van der Waals surface area contributed by atoms with Gasteiger partial charge in [0, 0.05) is 15.0 Å². The number of nitrogens with zero attached hydrogens (tertiary/aromatic N) is 1. The molecule has 0 fully saturated rings. The topological polar surface area (TPSA) is 12.4 Å². The molecule has 0 atom stereocenters. The highest BCUT2D eigenvalue weighted by atomic mass is 31.1. The Morgan fingerprint density at radius 2 is 1.41 bits per heavy atom. The molecule has 2 aromatic carbocycles. The molecule has 0 aromatic heterocycles. The van der Waals surface area contributed by atoms with Crippen molar-refractivity contribution >= 4 is 24.0 Å².